The zero-order valence-electron chi connectivity index (χ0n) is 17.3. The fraction of sp³-hybridized carbons (Fsp3) is 0.348. The van der Waals surface area contributed by atoms with Crippen LogP contribution in [0.3, 0.4) is 0 Å². The number of thioether (sulfide) groups is 1. The van der Waals surface area contributed by atoms with Crippen LogP contribution < -0.4 is 9.57 Å². The van der Waals surface area contributed by atoms with Crippen LogP contribution in [-0.4, -0.2) is 51.4 Å². The van der Waals surface area contributed by atoms with Crippen LogP contribution in [0.1, 0.15) is 18.4 Å². The molecule has 1 aromatic carbocycles. The third-order valence-electron chi connectivity index (χ3n) is 5.23. The Morgan fingerprint density at radius 3 is 2.55 bits per heavy atom. The first-order chi connectivity index (χ1) is 15.3. The van der Waals surface area contributed by atoms with Gasteiger partial charge in [0.05, 0.1) is 12.4 Å². The van der Waals surface area contributed by atoms with E-state index in [1.807, 2.05) is 54.9 Å². The van der Waals surface area contributed by atoms with E-state index < -0.39 is 0 Å². The highest BCUT2D eigenvalue weighted by Crippen LogP contribution is 2.21. The predicted octanol–water partition coefficient (Wildman–Crippen LogP) is 3.95. The number of benzene rings is 1. The molecule has 1 amide bonds. The molecule has 8 heteroatoms. The number of likely N-dealkylation sites (tertiary alicyclic amines) is 1. The van der Waals surface area contributed by atoms with Gasteiger partial charge in [-0.1, -0.05) is 12.1 Å². The Morgan fingerprint density at radius 1 is 1.06 bits per heavy atom. The van der Waals surface area contributed by atoms with Crippen LogP contribution in [0.2, 0.25) is 0 Å². The summed E-state index contributed by atoms with van der Waals surface area (Å²) in [5.41, 5.74) is 1.22. The number of pyridine rings is 1. The van der Waals surface area contributed by atoms with E-state index >= 15 is 0 Å². The third-order valence-corrected chi connectivity index (χ3v) is 6.25. The number of aromatic nitrogens is 3. The molecule has 1 aliphatic heterocycles. The molecule has 2 aromatic heterocycles. The number of carbonyl (C=O) groups is 1. The maximum atomic E-state index is 12.5. The van der Waals surface area contributed by atoms with Crippen molar-refractivity contribution in [3.63, 3.8) is 0 Å². The molecule has 1 saturated heterocycles. The molecule has 162 valence electrons. The van der Waals surface area contributed by atoms with E-state index in [9.17, 15) is 4.79 Å². The molecule has 0 spiro atoms. The Kier molecular flexibility index (Phi) is 7.44. The van der Waals surface area contributed by atoms with E-state index in [1.165, 1.54) is 15.3 Å². The van der Waals surface area contributed by atoms with Gasteiger partial charge in [0, 0.05) is 36.1 Å². The minimum Gasteiger partial charge on any atom is -0.410 e. The summed E-state index contributed by atoms with van der Waals surface area (Å²) < 4.78 is 5.57. The summed E-state index contributed by atoms with van der Waals surface area (Å²) in [5, 5.41) is 4.03. The molecule has 0 saturated carbocycles. The Morgan fingerprint density at radius 2 is 1.84 bits per heavy atom. The van der Waals surface area contributed by atoms with Crippen LogP contribution in [-0.2, 0) is 6.42 Å². The van der Waals surface area contributed by atoms with Crippen molar-refractivity contribution >= 4 is 17.9 Å². The van der Waals surface area contributed by atoms with Crippen molar-refractivity contribution in [2.24, 2.45) is 5.92 Å². The van der Waals surface area contributed by atoms with Gasteiger partial charge in [0.1, 0.15) is 12.4 Å². The molecule has 1 fully saturated rings. The first-order valence-corrected chi connectivity index (χ1v) is 11.5. The van der Waals surface area contributed by atoms with Crippen molar-refractivity contribution in [3.8, 4) is 5.75 Å². The van der Waals surface area contributed by atoms with Crippen molar-refractivity contribution in [2.45, 2.75) is 24.2 Å². The quantitative estimate of drug-likeness (QED) is 0.496. The molecule has 4 rings (SSSR count). The minimum atomic E-state index is -0.285. The average Bonchev–Trinajstić information content (AvgIpc) is 3.34. The van der Waals surface area contributed by atoms with Gasteiger partial charge in [0.25, 0.3) is 0 Å². The lowest BCUT2D eigenvalue weighted by Crippen LogP contribution is -2.41. The number of ether oxygens (including phenoxy) is 1. The smallest absolute Gasteiger partial charge is 0.410 e. The highest BCUT2D eigenvalue weighted by atomic mass is 32.2. The molecule has 0 bridgehead atoms. The number of rotatable bonds is 8. The number of carbonyl (C=O) groups excluding carboxylic acids is 1. The van der Waals surface area contributed by atoms with Crippen LogP contribution in [0.4, 0.5) is 4.79 Å². The predicted molar refractivity (Wildman–Crippen MR) is 119 cm³/mol. The van der Waals surface area contributed by atoms with Gasteiger partial charge in [-0.3, -0.25) is 4.98 Å². The number of nitrogens with zero attached hydrogens (tertiary/aromatic N) is 4. The Bertz CT molecular complexity index is 927. The van der Waals surface area contributed by atoms with Gasteiger partial charge in [-0.25, -0.2) is 4.79 Å². The topological polar surface area (TPSA) is 69.5 Å². The molecule has 7 nitrogen and oxygen atoms in total. The van der Waals surface area contributed by atoms with Crippen molar-refractivity contribution < 1.29 is 14.4 Å². The SMILES string of the molecule is O=C(Oc1ccc(CCSc2ccncc2)cc1)N1CCC(COn2cccn2)CC1. The number of piperidine rings is 1. The summed E-state index contributed by atoms with van der Waals surface area (Å²) in [6.45, 7) is 1.96. The largest absolute Gasteiger partial charge is 0.415 e. The Hall–Kier alpha value is -3.00. The van der Waals surface area contributed by atoms with Crippen molar-refractivity contribution in [1.82, 2.24) is 19.8 Å². The van der Waals surface area contributed by atoms with E-state index in [4.69, 9.17) is 9.57 Å². The van der Waals surface area contributed by atoms with Gasteiger partial charge in [0.15, 0.2) is 0 Å². The van der Waals surface area contributed by atoms with Gasteiger partial charge in [-0.2, -0.15) is 0 Å². The van der Waals surface area contributed by atoms with Crippen molar-refractivity contribution in [1.29, 1.82) is 0 Å². The fourth-order valence-corrected chi connectivity index (χ4v) is 4.29. The maximum Gasteiger partial charge on any atom is 0.415 e. The molecule has 0 N–H and O–H groups in total. The number of hydrogen-bond acceptors (Lipinski definition) is 6. The van der Waals surface area contributed by atoms with E-state index in [2.05, 4.69) is 10.1 Å². The van der Waals surface area contributed by atoms with Crippen molar-refractivity contribution in [2.75, 3.05) is 25.4 Å². The van der Waals surface area contributed by atoms with Gasteiger partial charge >= 0.3 is 6.09 Å². The van der Waals surface area contributed by atoms with Gasteiger partial charge in [0.2, 0.25) is 0 Å². The molecule has 1 aliphatic rings. The summed E-state index contributed by atoms with van der Waals surface area (Å²) in [6, 6.07) is 13.6. The second-order valence-corrected chi connectivity index (χ2v) is 8.60. The van der Waals surface area contributed by atoms with E-state index in [0.29, 0.717) is 31.4 Å². The van der Waals surface area contributed by atoms with Gasteiger partial charge in [-0.15, -0.1) is 21.7 Å². The average molecular weight is 439 g/mol. The standard InChI is InChI=1S/C23H26N4O3S/c28-23(26-15-8-20(9-16-26)18-29-27-14-1-11-25-27)30-21-4-2-19(3-5-21)10-17-31-22-6-12-24-13-7-22/h1-7,11-14,20H,8-10,15-18H2. The normalized spacial score (nSPS) is 14.4. The lowest BCUT2D eigenvalue weighted by atomic mass is 9.98. The first-order valence-electron chi connectivity index (χ1n) is 10.5. The molecular weight excluding hydrogens is 412 g/mol. The zero-order valence-corrected chi connectivity index (χ0v) is 18.1. The van der Waals surface area contributed by atoms with Crippen LogP contribution in [0.15, 0.2) is 72.1 Å². The number of amides is 1. The van der Waals surface area contributed by atoms with Crippen LogP contribution in [0.5, 0.6) is 5.75 Å². The Balaban J connectivity index is 1.16. The second-order valence-electron chi connectivity index (χ2n) is 7.43. The van der Waals surface area contributed by atoms with Crippen LogP contribution >= 0.6 is 11.8 Å². The molecule has 0 radical (unpaired) electrons. The minimum absolute atomic E-state index is 0.285. The lowest BCUT2D eigenvalue weighted by molar-refractivity contribution is 0.0366. The van der Waals surface area contributed by atoms with E-state index in [-0.39, 0.29) is 6.09 Å². The Labute approximate surface area is 186 Å². The summed E-state index contributed by atoms with van der Waals surface area (Å²) in [7, 11) is 0. The lowest BCUT2D eigenvalue weighted by Gasteiger charge is -2.30. The number of hydrogen-bond donors (Lipinski definition) is 0. The molecule has 0 atom stereocenters. The summed E-state index contributed by atoms with van der Waals surface area (Å²) in [5.74, 6) is 1.99. The molecular formula is C23H26N4O3S. The third kappa shape index (κ3) is 6.49. The molecule has 0 unspecified atom stereocenters. The van der Waals surface area contributed by atoms with E-state index in [0.717, 1.165) is 25.0 Å². The van der Waals surface area contributed by atoms with Crippen LogP contribution in [0.25, 0.3) is 0 Å². The second kappa shape index (κ2) is 10.9. The first kappa shape index (κ1) is 21.2. The monoisotopic (exact) mass is 438 g/mol. The highest BCUT2D eigenvalue weighted by Gasteiger charge is 2.24. The fourth-order valence-electron chi connectivity index (χ4n) is 3.41. The highest BCUT2D eigenvalue weighted by molar-refractivity contribution is 7.99. The van der Waals surface area contributed by atoms with E-state index in [1.54, 1.807) is 29.1 Å². The molecule has 0 aliphatic carbocycles. The maximum absolute atomic E-state index is 12.5. The summed E-state index contributed by atoms with van der Waals surface area (Å²) in [4.78, 5) is 26.6. The summed E-state index contributed by atoms with van der Waals surface area (Å²) in [6.07, 6.45) is 9.54. The van der Waals surface area contributed by atoms with Gasteiger partial charge < -0.3 is 14.5 Å². The summed E-state index contributed by atoms with van der Waals surface area (Å²) >= 11 is 1.81. The van der Waals surface area contributed by atoms with Crippen molar-refractivity contribution in [3.05, 3.63) is 72.8 Å². The van der Waals surface area contributed by atoms with Gasteiger partial charge in [-0.05, 0) is 61.1 Å². The van der Waals surface area contributed by atoms with Crippen LogP contribution in [0, 0.1) is 5.92 Å². The zero-order chi connectivity index (χ0) is 21.3. The molecule has 3 heterocycles. The molecule has 31 heavy (non-hydrogen) atoms. The number of aryl methyl sites for hydroxylation is 1. The molecule has 3 aromatic rings.